The predicted molar refractivity (Wildman–Crippen MR) is 121 cm³/mol. The third-order valence-corrected chi connectivity index (χ3v) is 4.91. The SMILES string of the molecule is CCCCn1c(N)c(N(CC(C)C)C(=O)c2ccn(-c3ccc(F)cc3)n2)c(=O)[nH]c1=O. The molecule has 0 saturated carbocycles. The molecular formula is C22H27FN6O3. The van der Waals surface area contributed by atoms with E-state index in [4.69, 9.17) is 5.73 Å². The standard InChI is InChI=1S/C22H27FN6O3/c1-4-5-11-27-19(24)18(20(30)25-22(27)32)28(13-14(2)3)21(31)17-10-12-29(26-17)16-8-6-15(23)7-9-16/h6-10,12,14H,4-5,11,13,24H2,1-3H3,(H,25,30,32). The van der Waals surface area contributed by atoms with E-state index in [1.807, 2.05) is 20.8 Å². The third kappa shape index (κ3) is 4.79. The second-order valence-corrected chi connectivity index (χ2v) is 7.93. The maximum absolute atomic E-state index is 13.4. The van der Waals surface area contributed by atoms with Crippen LogP contribution in [0, 0.1) is 11.7 Å². The number of halogens is 1. The van der Waals surface area contributed by atoms with Gasteiger partial charge in [-0.2, -0.15) is 5.10 Å². The first kappa shape index (κ1) is 23.0. The molecule has 3 aromatic rings. The lowest BCUT2D eigenvalue weighted by atomic mass is 10.2. The van der Waals surface area contributed by atoms with Crippen molar-refractivity contribution in [1.82, 2.24) is 19.3 Å². The number of hydrogen-bond donors (Lipinski definition) is 2. The average molecular weight is 442 g/mol. The number of nitrogens with one attached hydrogen (secondary N) is 1. The monoisotopic (exact) mass is 442 g/mol. The van der Waals surface area contributed by atoms with Crippen LogP contribution in [0.25, 0.3) is 5.69 Å². The molecule has 2 heterocycles. The number of aromatic nitrogens is 4. The normalized spacial score (nSPS) is 11.2. The molecule has 0 aliphatic heterocycles. The third-order valence-electron chi connectivity index (χ3n) is 4.91. The summed E-state index contributed by atoms with van der Waals surface area (Å²) in [6, 6.07) is 7.17. The van der Waals surface area contributed by atoms with Crippen LogP contribution in [0.1, 0.15) is 44.1 Å². The maximum atomic E-state index is 13.4. The van der Waals surface area contributed by atoms with Gasteiger partial charge in [0.15, 0.2) is 11.4 Å². The Morgan fingerprint density at radius 1 is 1.22 bits per heavy atom. The molecule has 0 unspecified atom stereocenters. The van der Waals surface area contributed by atoms with Crippen LogP contribution in [0.15, 0.2) is 46.1 Å². The second kappa shape index (κ2) is 9.63. The van der Waals surface area contributed by atoms with Gasteiger partial charge in [-0.05, 0) is 42.7 Å². The number of carbonyl (C=O) groups excluding carboxylic acids is 1. The Morgan fingerprint density at radius 2 is 1.91 bits per heavy atom. The van der Waals surface area contributed by atoms with Gasteiger partial charge in [0.05, 0.1) is 5.69 Å². The Morgan fingerprint density at radius 3 is 2.53 bits per heavy atom. The van der Waals surface area contributed by atoms with E-state index < -0.39 is 17.2 Å². The van der Waals surface area contributed by atoms with Gasteiger partial charge < -0.3 is 5.73 Å². The van der Waals surface area contributed by atoms with Gasteiger partial charge >= 0.3 is 5.69 Å². The summed E-state index contributed by atoms with van der Waals surface area (Å²) in [5.74, 6) is -0.960. The van der Waals surface area contributed by atoms with Gasteiger partial charge in [0.2, 0.25) is 0 Å². The molecule has 0 fully saturated rings. The highest BCUT2D eigenvalue weighted by Crippen LogP contribution is 2.21. The quantitative estimate of drug-likeness (QED) is 0.556. The smallest absolute Gasteiger partial charge is 0.330 e. The van der Waals surface area contributed by atoms with E-state index in [2.05, 4.69) is 10.1 Å². The molecule has 10 heteroatoms. The number of H-pyrrole nitrogens is 1. The highest BCUT2D eigenvalue weighted by atomic mass is 19.1. The molecule has 3 N–H and O–H groups in total. The highest BCUT2D eigenvalue weighted by Gasteiger charge is 2.27. The molecule has 9 nitrogen and oxygen atoms in total. The number of nitrogen functional groups attached to an aromatic ring is 1. The van der Waals surface area contributed by atoms with E-state index in [1.54, 1.807) is 6.20 Å². The molecule has 0 radical (unpaired) electrons. The van der Waals surface area contributed by atoms with Crippen LogP contribution >= 0.6 is 0 Å². The van der Waals surface area contributed by atoms with Crippen molar-refractivity contribution in [1.29, 1.82) is 0 Å². The molecule has 1 amide bonds. The zero-order chi connectivity index (χ0) is 23.4. The van der Waals surface area contributed by atoms with Gasteiger partial charge in [-0.25, -0.2) is 13.9 Å². The van der Waals surface area contributed by atoms with Crippen LogP contribution in [-0.4, -0.2) is 31.8 Å². The fourth-order valence-corrected chi connectivity index (χ4v) is 3.33. The van der Waals surface area contributed by atoms with E-state index in [9.17, 15) is 18.8 Å². The fraction of sp³-hybridized carbons (Fsp3) is 0.364. The van der Waals surface area contributed by atoms with Crippen LogP contribution in [-0.2, 0) is 6.54 Å². The van der Waals surface area contributed by atoms with Gasteiger partial charge in [0, 0.05) is 19.3 Å². The first-order valence-electron chi connectivity index (χ1n) is 10.5. The summed E-state index contributed by atoms with van der Waals surface area (Å²) in [6.07, 6.45) is 3.09. The first-order valence-corrected chi connectivity index (χ1v) is 10.5. The van der Waals surface area contributed by atoms with E-state index in [0.29, 0.717) is 18.7 Å². The number of benzene rings is 1. The summed E-state index contributed by atoms with van der Waals surface area (Å²) in [6.45, 7) is 6.29. The number of nitrogens with two attached hydrogens (primary N) is 1. The van der Waals surface area contributed by atoms with Crippen molar-refractivity contribution in [2.45, 2.75) is 40.2 Å². The van der Waals surface area contributed by atoms with E-state index in [1.165, 1.54) is 44.5 Å². The van der Waals surface area contributed by atoms with Gasteiger partial charge in [-0.15, -0.1) is 0 Å². The van der Waals surface area contributed by atoms with E-state index in [0.717, 1.165) is 6.42 Å². The van der Waals surface area contributed by atoms with E-state index in [-0.39, 0.29) is 35.5 Å². The number of anilines is 2. The van der Waals surface area contributed by atoms with Crippen LogP contribution < -0.4 is 21.9 Å². The number of unbranched alkanes of at least 4 members (excludes halogenated alkanes) is 1. The van der Waals surface area contributed by atoms with Crippen LogP contribution in [0.2, 0.25) is 0 Å². The first-order chi connectivity index (χ1) is 15.2. The average Bonchev–Trinajstić information content (AvgIpc) is 3.22. The van der Waals surface area contributed by atoms with Crippen molar-refractivity contribution in [3.05, 3.63) is 68.9 Å². The molecule has 2 aromatic heterocycles. The molecule has 0 spiro atoms. The Labute approximate surface area is 184 Å². The lowest BCUT2D eigenvalue weighted by Gasteiger charge is -2.25. The summed E-state index contributed by atoms with van der Waals surface area (Å²) in [5.41, 5.74) is 5.46. The van der Waals surface area contributed by atoms with E-state index >= 15 is 0 Å². The molecule has 0 atom stereocenters. The largest absolute Gasteiger partial charge is 0.383 e. The van der Waals surface area contributed by atoms with Crippen LogP contribution in [0.5, 0.6) is 0 Å². The zero-order valence-corrected chi connectivity index (χ0v) is 18.3. The van der Waals surface area contributed by atoms with Crippen molar-refractivity contribution in [3.63, 3.8) is 0 Å². The molecule has 3 rings (SSSR count). The second-order valence-electron chi connectivity index (χ2n) is 7.93. The minimum atomic E-state index is -0.729. The lowest BCUT2D eigenvalue weighted by molar-refractivity contribution is 0.0978. The van der Waals surface area contributed by atoms with Crippen molar-refractivity contribution in [2.24, 2.45) is 5.92 Å². The van der Waals surface area contributed by atoms with Gasteiger partial charge in [-0.1, -0.05) is 27.2 Å². The molecule has 170 valence electrons. The number of aromatic amines is 1. The minimum Gasteiger partial charge on any atom is -0.383 e. The van der Waals surface area contributed by atoms with Crippen molar-refractivity contribution < 1.29 is 9.18 Å². The van der Waals surface area contributed by atoms with Crippen molar-refractivity contribution in [2.75, 3.05) is 17.2 Å². The van der Waals surface area contributed by atoms with Crippen molar-refractivity contribution in [3.8, 4) is 5.69 Å². The number of hydrogen-bond acceptors (Lipinski definition) is 5. The van der Waals surface area contributed by atoms with Crippen molar-refractivity contribution >= 4 is 17.4 Å². The number of rotatable bonds is 8. The molecule has 0 saturated heterocycles. The fourth-order valence-electron chi connectivity index (χ4n) is 3.33. The molecule has 1 aromatic carbocycles. The topological polar surface area (TPSA) is 119 Å². The predicted octanol–water partition coefficient (Wildman–Crippen LogP) is 2.55. The molecule has 0 aliphatic carbocycles. The Hall–Kier alpha value is -3.69. The summed E-state index contributed by atoms with van der Waals surface area (Å²) in [5, 5.41) is 4.29. The number of carbonyl (C=O) groups is 1. The Kier molecular flexibility index (Phi) is 6.92. The highest BCUT2D eigenvalue weighted by molar-refractivity contribution is 6.06. The summed E-state index contributed by atoms with van der Waals surface area (Å²) in [4.78, 5) is 41.9. The maximum Gasteiger partial charge on any atom is 0.330 e. The minimum absolute atomic E-state index is 0.00736. The summed E-state index contributed by atoms with van der Waals surface area (Å²) in [7, 11) is 0. The number of nitrogens with zero attached hydrogens (tertiary/aromatic N) is 4. The Bertz CT molecular complexity index is 1210. The van der Waals surface area contributed by atoms with Gasteiger partial charge in [-0.3, -0.25) is 24.0 Å². The molecular weight excluding hydrogens is 415 g/mol. The van der Waals surface area contributed by atoms with Gasteiger partial charge in [0.25, 0.3) is 11.5 Å². The summed E-state index contributed by atoms with van der Waals surface area (Å²) >= 11 is 0. The van der Waals surface area contributed by atoms with Gasteiger partial charge in [0.1, 0.15) is 11.6 Å². The Balaban J connectivity index is 2.04. The zero-order valence-electron chi connectivity index (χ0n) is 18.3. The van der Waals surface area contributed by atoms with Crippen LogP contribution in [0.3, 0.4) is 0 Å². The lowest BCUT2D eigenvalue weighted by Crippen LogP contribution is -2.43. The number of amides is 1. The summed E-state index contributed by atoms with van der Waals surface area (Å²) < 4.78 is 15.9. The molecule has 0 bridgehead atoms. The molecule has 0 aliphatic rings. The van der Waals surface area contributed by atoms with Crippen LogP contribution in [0.4, 0.5) is 15.9 Å². The molecule has 32 heavy (non-hydrogen) atoms.